The van der Waals surface area contributed by atoms with Crippen LogP contribution in [-0.2, 0) is 6.42 Å². The molecule has 1 aromatic carbocycles. The van der Waals surface area contributed by atoms with Crippen molar-refractivity contribution in [2.75, 3.05) is 0 Å². The van der Waals surface area contributed by atoms with E-state index >= 15 is 0 Å². The van der Waals surface area contributed by atoms with Gasteiger partial charge in [0, 0.05) is 22.2 Å². The summed E-state index contributed by atoms with van der Waals surface area (Å²) in [5.74, 6) is -1.60. The van der Waals surface area contributed by atoms with E-state index < -0.39 is 11.8 Å². The van der Waals surface area contributed by atoms with E-state index in [0.717, 1.165) is 12.1 Å². The number of aryl methyl sites for hydroxylation is 1. The third-order valence-corrected chi connectivity index (χ3v) is 3.76. The number of aromatic nitrogens is 2. The summed E-state index contributed by atoms with van der Waals surface area (Å²) in [5.41, 5.74) is 1.55. The van der Waals surface area contributed by atoms with Crippen LogP contribution in [0, 0.1) is 28.6 Å². The topological polar surface area (TPSA) is 96.2 Å². The van der Waals surface area contributed by atoms with E-state index in [2.05, 4.69) is 10.2 Å². The van der Waals surface area contributed by atoms with Gasteiger partial charge in [0.15, 0.2) is 0 Å². The fraction of sp³-hybridized carbons (Fsp3) is 0.312. The number of benzene rings is 1. The first kappa shape index (κ1) is 15.9. The molecule has 0 bridgehead atoms. The van der Waals surface area contributed by atoms with Gasteiger partial charge in [0.05, 0.1) is 12.1 Å². The van der Waals surface area contributed by atoms with Gasteiger partial charge in [0.2, 0.25) is 0 Å². The molecule has 0 spiro atoms. The molecule has 0 aliphatic carbocycles. The Bertz CT molecular complexity index is 779. The quantitative estimate of drug-likeness (QED) is 0.887. The van der Waals surface area contributed by atoms with Crippen LogP contribution in [0.1, 0.15) is 36.1 Å². The van der Waals surface area contributed by atoms with Gasteiger partial charge in [-0.3, -0.25) is 9.89 Å². The van der Waals surface area contributed by atoms with Crippen molar-refractivity contribution in [3.05, 3.63) is 56.5 Å². The van der Waals surface area contributed by atoms with Gasteiger partial charge in [0.25, 0.3) is 5.56 Å². The van der Waals surface area contributed by atoms with Gasteiger partial charge in [-0.05, 0) is 24.1 Å². The van der Waals surface area contributed by atoms with E-state index in [1.165, 1.54) is 0 Å². The number of rotatable bonds is 5. The van der Waals surface area contributed by atoms with Crippen LogP contribution in [0.2, 0.25) is 5.02 Å². The molecule has 2 aromatic rings. The number of nitrogens with zero attached hydrogens (tertiary/aromatic N) is 2. The van der Waals surface area contributed by atoms with Crippen molar-refractivity contribution in [2.24, 2.45) is 5.92 Å². The molecule has 1 heterocycles. The fourth-order valence-corrected chi connectivity index (χ4v) is 2.78. The summed E-state index contributed by atoms with van der Waals surface area (Å²) in [6, 6.07) is 10.9. The second kappa shape index (κ2) is 6.98. The number of halogens is 1. The summed E-state index contributed by atoms with van der Waals surface area (Å²) in [4.78, 5) is 12.2. The standard InChI is InChI=1S/C16H15ClN4O/c1-2-4-13-15(16(22)21-20-13)14(11(8-18)9-19)10-5-3-6-12(17)7-10/h3,5-7,11,14H,2,4H2,1H3,(H2,20,21,22)/t14-/m0/s1. The molecule has 5 nitrogen and oxygen atoms in total. The summed E-state index contributed by atoms with van der Waals surface area (Å²) < 4.78 is 0. The lowest BCUT2D eigenvalue weighted by Crippen LogP contribution is -2.20. The number of aromatic amines is 2. The van der Waals surface area contributed by atoms with Crippen LogP contribution in [0.3, 0.4) is 0 Å². The maximum absolute atomic E-state index is 12.2. The molecule has 22 heavy (non-hydrogen) atoms. The Hall–Kier alpha value is -2.50. The van der Waals surface area contributed by atoms with Crippen molar-refractivity contribution in [1.29, 1.82) is 10.5 Å². The molecule has 0 saturated carbocycles. The molecule has 112 valence electrons. The first-order valence-electron chi connectivity index (χ1n) is 6.96. The zero-order valence-electron chi connectivity index (χ0n) is 12.1. The van der Waals surface area contributed by atoms with Gasteiger partial charge in [0.1, 0.15) is 5.92 Å². The summed E-state index contributed by atoms with van der Waals surface area (Å²) in [7, 11) is 0. The van der Waals surface area contributed by atoms with E-state index in [4.69, 9.17) is 11.6 Å². The molecule has 0 amide bonds. The van der Waals surface area contributed by atoms with Crippen molar-refractivity contribution in [3.8, 4) is 12.1 Å². The van der Waals surface area contributed by atoms with Gasteiger partial charge in [-0.15, -0.1) is 0 Å². The van der Waals surface area contributed by atoms with Crippen LogP contribution < -0.4 is 5.56 Å². The number of H-pyrrole nitrogens is 2. The van der Waals surface area contributed by atoms with E-state index in [1.807, 2.05) is 19.1 Å². The Morgan fingerprint density at radius 1 is 1.27 bits per heavy atom. The molecule has 0 aliphatic heterocycles. The number of hydrogen-bond donors (Lipinski definition) is 2. The molecule has 1 aromatic heterocycles. The smallest absolute Gasteiger partial charge is 0.268 e. The van der Waals surface area contributed by atoms with Crippen LogP contribution in [-0.4, -0.2) is 10.2 Å². The Kier molecular flexibility index (Phi) is 5.04. The number of nitrogens with one attached hydrogen (secondary N) is 2. The third kappa shape index (κ3) is 3.05. The van der Waals surface area contributed by atoms with Crippen LogP contribution >= 0.6 is 11.6 Å². The van der Waals surface area contributed by atoms with Gasteiger partial charge < -0.3 is 5.10 Å². The third-order valence-electron chi connectivity index (χ3n) is 3.53. The molecule has 0 unspecified atom stereocenters. The average molecular weight is 315 g/mol. The van der Waals surface area contributed by atoms with Gasteiger partial charge in [-0.1, -0.05) is 37.1 Å². The van der Waals surface area contributed by atoms with Gasteiger partial charge in [-0.25, -0.2) is 0 Å². The Labute approximate surface area is 133 Å². The second-order valence-electron chi connectivity index (χ2n) is 4.99. The molecular weight excluding hydrogens is 300 g/mol. The SMILES string of the molecule is CCCc1[nH][nH]c(=O)c1[C@@H](c1cccc(Cl)c1)C(C#N)C#N. The molecule has 1 atom stereocenters. The first-order chi connectivity index (χ1) is 10.6. The lowest BCUT2D eigenvalue weighted by atomic mass is 9.81. The van der Waals surface area contributed by atoms with Crippen molar-refractivity contribution in [2.45, 2.75) is 25.7 Å². The molecule has 6 heteroatoms. The Morgan fingerprint density at radius 2 is 2.00 bits per heavy atom. The predicted octanol–water partition coefficient (Wildman–Crippen LogP) is 3.10. The molecule has 2 rings (SSSR count). The molecular formula is C16H15ClN4O. The minimum absolute atomic E-state index is 0.302. The second-order valence-corrected chi connectivity index (χ2v) is 5.43. The maximum atomic E-state index is 12.2. The maximum Gasteiger partial charge on any atom is 0.268 e. The molecule has 0 saturated heterocycles. The highest BCUT2D eigenvalue weighted by Gasteiger charge is 2.30. The monoisotopic (exact) mass is 314 g/mol. The summed E-state index contributed by atoms with van der Waals surface area (Å²) in [6.45, 7) is 2.00. The first-order valence-corrected chi connectivity index (χ1v) is 7.34. The zero-order valence-corrected chi connectivity index (χ0v) is 12.8. The van der Waals surface area contributed by atoms with Crippen LogP contribution in [0.4, 0.5) is 0 Å². The highest BCUT2D eigenvalue weighted by Crippen LogP contribution is 2.33. The average Bonchev–Trinajstić information content (AvgIpc) is 2.86. The van der Waals surface area contributed by atoms with Crippen molar-refractivity contribution < 1.29 is 0 Å². The predicted molar refractivity (Wildman–Crippen MR) is 83.4 cm³/mol. The highest BCUT2D eigenvalue weighted by atomic mass is 35.5. The lowest BCUT2D eigenvalue weighted by Gasteiger charge is -2.18. The molecule has 0 fully saturated rings. The molecule has 0 radical (unpaired) electrons. The highest BCUT2D eigenvalue weighted by molar-refractivity contribution is 6.30. The van der Waals surface area contributed by atoms with Gasteiger partial charge >= 0.3 is 0 Å². The van der Waals surface area contributed by atoms with Crippen molar-refractivity contribution in [1.82, 2.24) is 10.2 Å². The summed E-state index contributed by atoms with van der Waals surface area (Å²) in [6.07, 6.45) is 1.50. The Morgan fingerprint density at radius 3 is 2.59 bits per heavy atom. The zero-order chi connectivity index (χ0) is 16.1. The lowest BCUT2D eigenvalue weighted by molar-refractivity contribution is 0.692. The van der Waals surface area contributed by atoms with Crippen LogP contribution in [0.15, 0.2) is 29.1 Å². The number of hydrogen-bond acceptors (Lipinski definition) is 3. The Balaban J connectivity index is 2.65. The van der Waals surface area contributed by atoms with E-state index in [9.17, 15) is 15.3 Å². The summed E-state index contributed by atoms with van der Waals surface area (Å²) in [5, 5.41) is 24.5. The van der Waals surface area contributed by atoms with Crippen LogP contribution in [0.25, 0.3) is 0 Å². The minimum atomic E-state index is -0.967. The molecule has 2 N–H and O–H groups in total. The fourth-order valence-electron chi connectivity index (χ4n) is 2.58. The van der Waals surface area contributed by atoms with Gasteiger partial charge in [-0.2, -0.15) is 10.5 Å². The normalized spacial score (nSPS) is 11.9. The van der Waals surface area contributed by atoms with Crippen LogP contribution in [0.5, 0.6) is 0 Å². The van der Waals surface area contributed by atoms with E-state index in [-0.39, 0.29) is 5.56 Å². The summed E-state index contributed by atoms with van der Waals surface area (Å²) >= 11 is 6.02. The number of nitriles is 2. The van der Waals surface area contributed by atoms with E-state index in [0.29, 0.717) is 22.6 Å². The van der Waals surface area contributed by atoms with E-state index in [1.54, 1.807) is 24.3 Å². The van der Waals surface area contributed by atoms with Crippen molar-refractivity contribution >= 4 is 11.6 Å². The molecule has 0 aliphatic rings. The largest absolute Gasteiger partial charge is 0.302 e. The minimum Gasteiger partial charge on any atom is -0.302 e. The van der Waals surface area contributed by atoms with Crippen molar-refractivity contribution in [3.63, 3.8) is 0 Å².